The fraction of sp³-hybridized carbons (Fsp3) is 0.0556. The third-order valence-electron chi connectivity index (χ3n) is 3.57. The van der Waals surface area contributed by atoms with Crippen LogP contribution >= 0.6 is 23.2 Å². The van der Waals surface area contributed by atoms with Gasteiger partial charge in [-0.2, -0.15) is 0 Å². The first-order valence-corrected chi connectivity index (χ1v) is 8.22. The SMILES string of the molecule is NC(CCl)=Nc1ccc(-c2cc(C(=O)O)c3cc(Cl)ccc3n2)cc1. The summed E-state index contributed by atoms with van der Waals surface area (Å²) < 4.78 is 0. The number of carboxylic acids is 1. The average molecular weight is 374 g/mol. The largest absolute Gasteiger partial charge is 0.478 e. The van der Waals surface area contributed by atoms with Crippen LogP contribution in [-0.4, -0.2) is 27.8 Å². The van der Waals surface area contributed by atoms with Crippen molar-refractivity contribution in [3.05, 3.63) is 59.1 Å². The number of fused-ring (bicyclic) bond motifs is 1. The second-order valence-electron chi connectivity index (χ2n) is 5.31. The Morgan fingerprint density at radius 2 is 1.88 bits per heavy atom. The van der Waals surface area contributed by atoms with Gasteiger partial charge in [0.05, 0.1) is 28.3 Å². The van der Waals surface area contributed by atoms with E-state index in [0.717, 1.165) is 5.56 Å². The third kappa shape index (κ3) is 3.73. The van der Waals surface area contributed by atoms with Crippen molar-refractivity contribution < 1.29 is 9.90 Å². The van der Waals surface area contributed by atoms with Crippen molar-refractivity contribution in [2.24, 2.45) is 10.7 Å². The van der Waals surface area contributed by atoms with Crippen LogP contribution in [0.5, 0.6) is 0 Å². The van der Waals surface area contributed by atoms with Crippen molar-refractivity contribution >= 4 is 51.6 Å². The summed E-state index contributed by atoms with van der Waals surface area (Å²) in [7, 11) is 0. The molecule has 0 aliphatic carbocycles. The van der Waals surface area contributed by atoms with Crippen molar-refractivity contribution in [2.45, 2.75) is 0 Å². The molecule has 3 rings (SSSR count). The summed E-state index contributed by atoms with van der Waals surface area (Å²) >= 11 is 11.6. The number of aliphatic imine (C=N–C) groups is 1. The van der Waals surface area contributed by atoms with Crippen LogP contribution < -0.4 is 5.73 Å². The number of hydrogen-bond acceptors (Lipinski definition) is 3. The van der Waals surface area contributed by atoms with Gasteiger partial charge in [-0.1, -0.05) is 23.7 Å². The van der Waals surface area contributed by atoms with Gasteiger partial charge in [-0.25, -0.2) is 14.8 Å². The zero-order chi connectivity index (χ0) is 18.0. The number of alkyl halides is 1. The first-order chi connectivity index (χ1) is 12.0. The highest BCUT2D eigenvalue weighted by Crippen LogP contribution is 2.28. The van der Waals surface area contributed by atoms with Gasteiger partial charge in [0.25, 0.3) is 0 Å². The minimum atomic E-state index is -1.04. The highest BCUT2D eigenvalue weighted by atomic mass is 35.5. The first kappa shape index (κ1) is 17.2. The number of carbonyl (C=O) groups is 1. The second-order valence-corrected chi connectivity index (χ2v) is 6.01. The maximum atomic E-state index is 11.6. The summed E-state index contributed by atoms with van der Waals surface area (Å²) in [6.07, 6.45) is 0. The number of nitrogens with zero attached hydrogens (tertiary/aromatic N) is 2. The number of hydrogen-bond donors (Lipinski definition) is 2. The van der Waals surface area contributed by atoms with Crippen LogP contribution in [0, 0.1) is 0 Å². The fourth-order valence-electron chi connectivity index (χ4n) is 2.43. The molecule has 5 nitrogen and oxygen atoms in total. The maximum absolute atomic E-state index is 11.6. The Morgan fingerprint density at radius 3 is 2.52 bits per heavy atom. The number of pyridine rings is 1. The molecule has 0 unspecified atom stereocenters. The lowest BCUT2D eigenvalue weighted by atomic mass is 10.0. The molecule has 3 N–H and O–H groups in total. The van der Waals surface area contributed by atoms with E-state index in [4.69, 9.17) is 28.9 Å². The second kappa shape index (κ2) is 7.09. The molecule has 0 bridgehead atoms. The van der Waals surface area contributed by atoms with Crippen LogP contribution in [0.25, 0.3) is 22.2 Å². The van der Waals surface area contributed by atoms with Crippen LogP contribution in [0.15, 0.2) is 53.5 Å². The Balaban J connectivity index is 2.10. The van der Waals surface area contributed by atoms with Gasteiger partial charge in [0.15, 0.2) is 0 Å². The lowest BCUT2D eigenvalue weighted by Gasteiger charge is -2.08. The average Bonchev–Trinajstić information content (AvgIpc) is 2.61. The highest BCUT2D eigenvalue weighted by molar-refractivity contribution is 6.31. The molecular weight excluding hydrogens is 361 g/mol. The Morgan fingerprint density at radius 1 is 1.16 bits per heavy atom. The van der Waals surface area contributed by atoms with Crippen molar-refractivity contribution in [2.75, 3.05) is 5.88 Å². The quantitative estimate of drug-likeness (QED) is 0.400. The molecule has 1 heterocycles. The molecule has 25 heavy (non-hydrogen) atoms. The monoisotopic (exact) mass is 373 g/mol. The van der Waals surface area contributed by atoms with Gasteiger partial charge in [-0.15, -0.1) is 11.6 Å². The molecule has 3 aromatic rings. The van der Waals surface area contributed by atoms with Crippen molar-refractivity contribution in [3.63, 3.8) is 0 Å². The predicted molar refractivity (Wildman–Crippen MR) is 101 cm³/mol. The number of aromatic carboxylic acids is 1. The van der Waals surface area contributed by atoms with Gasteiger partial charge >= 0.3 is 5.97 Å². The molecule has 0 amide bonds. The smallest absolute Gasteiger partial charge is 0.336 e. The molecule has 0 atom stereocenters. The molecule has 1 aromatic heterocycles. The molecule has 0 saturated heterocycles. The van der Waals surface area contributed by atoms with E-state index in [2.05, 4.69) is 9.98 Å². The van der Waals surface area contributed by atoms with Gasteiger partial charge in [-0.3, -0.25) is 0 Å². The summed E-state index contributed by atoms with van der Waals surface area (Å²) in [5.41, 5.74) is 8.30. The Bertz CT molecular complexity index is 986. The number of amidine groups is 1. The molecule has 2 aromatic carbocycles. The summed E-state index contributed by atoms with van der Waals surface area (Å²) in [4.78, 5) is 20.3. The zero-order valence-electron chi connectivity index (χ0n) is 12.9. The van der Waals surface area contributed by atoms with Gasteiger partial charge < -0.3 is 10.8 Å². The van der Waals surface area contributed by atoms with E-state index in [1.165, 1.54) is 6.07 Å². The zero-order valence-corrected chi connectivity index (χ0v) is 14.4. The standard InChI is InChI=1S/C18H13Cl2N3O2/c19-9-17(21)22-12-4-1-10(2-5-12)16-8-14(18(24)25)13-7-11(20)3-6-15(13)23-16/h1-8H,9H2,(H2,21,22)(H,24,25). The maximum Gasteiger partial charge on any atom is 0.336 e. The molecular formula is C18H13Cl2N3O2. The topological polar surface area (TPSA) is 88.6 Å². The van der Waals surface area contributed by atoms with Crippen LogP contribution in [-0.2, 0) is 0 Å². The molecule has 0 saturated carbocycles. The fourth-order valence-corrected chi connectivity index (χ4v) is 2.66. The van der Waals surface area contributed by atoms with Crippen molar-refractivity contribution in [1.82, 2.24) is 4.98 Å². The van der Waals surface area contributed by atoms with E-state index in [-0.39, 0.29) is 11.4 Å². The minimum absolute atomic E-state index is 0.149. The third-order valence-corrected chi connectivity index (χ3v) is 4.08. The van der Waals surface area contributed by atoms with Crippen LogP contribution in [0.1, 0.15) is 10.4 Å². The van der Waals surface area contributed by atoms with E-state index in [1.54, 1.807) is 42.5 Å². The van der Waals surface area contributed by atoms with Crippen LogP contribution in [0.2, 0.25) is 5.02 Å². The highest BCUT2D eigenvalue weighted by Gasteiger charge is 2.13. The summed E-state index contributed by atoms with van der Waals surface area (Å²) in [5, 5.41) is 10.5. The van der Waals surface area contributed by atoms with Crippen molar-refractivity contribution in [3.8, 4) is 11.3 Å². The normalized spacial score (nSPS) is 11.7. The van der Waals surface area contributed by atoms with E-state index < -0.39 is 5.97 Å². The minimum Gasteiger partial charge on any atom is -0.478 e. The molecule has 0 radical (unpaired) electrons. The van der Waals surface area contributed by atoms with Gasteiger partial charge in [0, 0.05) is 16.0 Å². The van der Waals surface area contributed by atoms with Crippen LogP contribution in [0.3, 0.4) is 0 Å². The van der Waals surface area contributed by atoms with Crippen LogP contribution in [0.4, 0.5) is 5.69 Å². The molecule has 0 aliphatic rings. The molecule has 0 aliphatic heterocycles. The Labute approximate surface area is 153 Å². The number of benzene rings is 2. The lowest BCUT2D eigenvalue weighted by molar-refractivity contribution is 0.0699. The Kier molecular flexibility index (Phi) is 4.88. The number of carboxylic acid groups (broad SMARTS) is 1. The molecule has 0 fully saturated rings. The van der Waals surface area contributed by atoms with E-state index in [9.17, 15) is 9.90 Å². The lowest BCUT2D eigenvalue weighted by Crippen LogP contribution is -2.12. The molecule has 0 spiro atoms. The van der Waals surface area contributed by atoms with Crippen molar-refractivity contribution in [1.29, 1.82) is 0 Å². The number of halogens is 2. The van der Waals surface area contributed by atoms with E-state index >= 15 is 0 Å². The van der Waals surface area contributed by atoms with E-state index in [1.807, 2.05) is 0 Å². The summed E-state index contributed by atoms with van der Waals surface area (Å²) in [6.45, 7) is 0. The Hall–Kier alpha value is -2.63. The van der Waals surface area contributed by atoms with Gasteiger partial charge in [-0.05, 0) is 36.4 Å². The number of rotatable bonds is 4. The van der Waals surface area contributed by atoms with E-state index in [0.29, 0.717) is 33.1 Å². The van der Waals surface area contributed by atoms with Gasteiger partial charge in [0.1, 0.15) is 5.84 Å². The molecule has 126 valence electrons. The first-order valence-electron chi connectivity index (χ1n) is 7.31. The predicted octanol–water partition coefficient (Wildman–Crippen LogP) is 4.48. The summed E-state index contributed by atoms with van der Waals surface area (Å²) in [6, 6.07) is 13.7. The van der Waals surface area contributed by atoms with Gasteiger partial charge in [0.2, 0.25) is 0 Å². The summed E-state index contributed by atoms with van der Waals surface area (Å²) in [5.74, 6) is -0.561. The number of nitrogens with two attached hydrogens (primary N) is 1. The number of aromatic nitrogens is 1. The molecule has 7 heteroatoms.